The van der Waals surface area contributed by atoms with Gasteiger partial charge in [0, 0.05) is 3.57 Å². The number of rotatable bonds is 5. The van der Waals surface area contributed by atoms with E-state index in [0.29, 0.717) is 0 Å². The van der Waals surface area contributed by atoms with Gasteiger partial charge >= 0.3 is 12.1 Å². The van der Waals surface area contributed by atoms with Crippen molar-refractivity contribution in [2.75, 3.05) is 6.61 Å². The van der Waals surface area contributed by atoms with Crippen LogP contribution in [0.3, 0.4) is 0 Å². The number of carboxylic acids is 1. The van der Waals surface area contributed by atoms with Crippen LogP contribution in [-0.2, 0) is 14.9 Å². The number of carboxylic acid groups (broad SMARTS) is 1. The molecule has 0 aliphatic carbocycles. The Morgan fingerprint density at radius 1 is 1.40 bits per heavy atom. The van der Waals surface area contributed by atoms with Crippen LogP contribution in [0.2, 0.25) is 0 Å². The molecule has 0 saturated carbocycles. The number of aromatic carboxylic acids is 1. The van der Waals surface area contributed by atoms with Gasteiger partial charge in [0.1, 0.15) is 0 Å². The lowest BCUT2D eigenvalue weighted by molar-refractivity contribution is -0.181. The van der Waals surface area contributed by atoms with E-state index in [1.807, 2.05) is 0 Å². The summed E-state index contributed by atoms with van der Waals surface area (Å²) >= 11 is 1.68. The second-order valence-corrected chi connectivity index (χ2v) is 6.24. The van der Waals surface area contributed by atoms with E-state index in [1.165, 1.54) is 11.0 Å². The molecule has 20 heavy (non-hydrogen) atoms. The van der Waals surface area contributed by atoms with Gasteiger partial charge in [-0.2, -0.15) is 13.2 Å². The molecule has 0 heterocycles. The van der Waals surface area contributed by atoms with Crippen LogP contribution in [0.15, 0.2) is 23.1 Å². The highest BCUT2D eigenvalue weighted by Gasteiger charge is 2.29. The van der Waals surface area contributed by atoms with Crippen molar-refractivity contribution >= 4 is 38.6 Å². The smallest absolute Gasteiger partial charge is 0.413 e. The predicted octanol–water partition coefficient (Wildman–Crippen LogP) is 1.76. The normalized spacial score (nSPS) is 12.4. The zero-order valence-corrected chi connectivity index (χ0v) is 12.4. The number of alkyl halides is 3. The third kappa shape index (κ3) is 4.88. The molecule has 0 aliphatic heterocycles. The summed E-state index contributed by atoms with van der Waals surface area (Å²) < 4.78 is 58.9. The number of carbonyl (C=O) groups is 1. The van der Waals surface area contributed by atoms with Crippen LogP contribution >= 0.6 is 22.6 Å². The molecular weight excluding hydrogens is 418 g/mol. The van der Waals surface area contributed by atoms with Crippen LogP contribution in [0.5, 0.6) is 0 Å². The van der Waals surface area contributed by atoms with Crippen LogP contribution in [-0.4, -0.2) is 32.3 Å². The quantitative estimate of drug-likeness (QED) is 0.554. The van der Waals surface area contributed by atoms with Crippen molar-refractivity contribution in [3.63, 3.8) is 0 Å². The molecule has 0 spiro atoms. The summed E-state index contributed by atoms with van der Waals surface area (Å²) in [6.45, 7) is -1.80. The molecule has 0 saturated heterocycles. The predicted molar refractivity (Wildman–Crippen MR) is 68.4 cm³/mol. The van der Waals surface area contributed by atoms with Gasteiger partial charge in [-0.15, -0.1) is 0 Å². The van der Waals surface area contributed by atoms with Gasteiger partial charge in [-0.25, -0.2) is 13.2 Å². The third-order valence-electron chi connectivity index (χ3n) is 1.88. The zero-order chi connectivity index (χ0) is 15.6. The number of hydrogen-bond acceptors (Lipinski definition) is 4. The van der Waals surface area contributed by atoms with Crippen LogP contribution in [0.25, 0.3) is 0 Å². The molecule has 1 aromatic carbocycles. The van der Waals surface area contributed by atoms with Gasteiger partial charge in [0.25, 0.3) is 10.0 Å². The molecule has 0 aromatic heterocycles. The summed E-state index contributed by atoms with van der Waals surface area (Å²) in [6, 6.07) is 3.08. The lowest BCUT2D eigenvalue weighted by Crippen LogP contribution is -2.29. The van der Waals surface area contributed by atoms with Crippen molar-refractivity contribution in [3.05, 3.63) is 27.3 Å². The molecule has 112 valence electrons. The fourth-order valence-corrected chi connectivity index (χ4v) is 2.47. The fourth-order valence-electron chi connectivity index (χ4n) is 1.07. The second kappa shape index (κ2) is 6.24. The van der Waals surface area contributed by atoms with Crippen LogP contribution in [0.4, 0.5) is 13.2 Å². The summed E-state index contributed by atoms with van der Waals surface area (Å²) in [5.74, 6) is -1.36. The molecule has 0 bridgehead atoms. The summed E-state index contributed by atoms with van der Waals surface area (Å²) in [5.41, 5.74) is -0.288. The number of hydrogen-bond donors (Lipinski definition) is 2. The monoisotopic (exact) mass is 425 g/mol. The Kier molecular flexibility index (Phi) is 5.34. The minimum Gasteiger partial charge on any atom is -0.478 e. The van der Waals surface area contributed by atoms with Crippen LogP contribution < -0.4 is 4.89 Å². The molecule has 11 heteroatoms. The Bertz CT molecular complexity index is 616. The zero-order valence-electron chi connectivity index (χ0n) is 9.44. The van der Waals surface area contributed by atoms with Crippen molar-refractivity contribution in [2.24, 2.45) is 0 Å². The molecule has 0 aliphatic rings. The van der Waals surface area contributed by atoms with Gasteiger partial charge in [0.05, 0.1) is 10.5 Å². The number of benzene rings is 1. The molecular formula is C9H7F3INO5S. The lowest BCUT2D eigenvalue weighted by Gasteiger charge is -2.10. The molecule has 0 atom stereocenters. The molecule has 0 amide bonds. The average molecular weight is 425 g/mol. The van der Waals surface area contributed by atoms with E-state index in [9.17, 15) is 26.4 Å². The SMILES string of the molecule is O=C(O)c1cc(S(=O)(=O)NOCC(F)(F)F)ccc1I. The van der Waals surface area contributed by atoms with E-state index in [2.05, 4.69) is 4.84 Å². The first kappa shape index (κ1) is 17.1. The first-order valence-electron chi connectivity index (χ1n) is 4.76. The van der Waals surface area contributed by atoms with E-state index in [-0.39, 0.29) is 9.13 Å². The number of nitrogens with one attached hydrogen (secondary N) is 1. The summed E-state index contributed by atoms with van der Waals surface area (Å²) in [4.78, 5) is 15.4. The van der Waals surface area contributed by atoms with Gasteiger partial charge in [-0.1, -0.05) is 4.89 Å². The fraction of sp³-hybridized carbons (Fsp3) is 0.222. The highest BCUT2D eigenvalue weighted by atomic mass is 127. The van der Waals surface area contributed by atoms with Crippen LogP contribution in [0, 0.1) is 3.57 Å². The topological polar surface area (TPSA) is 92.7 Å². The molecule has 2 N–H and O–H groups in total. The second-order valence-electron chi connectivity index (χ2n) is 3.44. The Morgan fingerprint density at radius 2 is 2.00 bits per heavy atom. The minimum absolute atomic E-state index is 0.283. The maximum atomic E-state index is 11.8. The van der Waals surface area contributed by atoms with E-state index in [4.69, 9.17) is 5.11 Å². The van der Waals surface area contributed by atoms with E-state index in [0.717, 1.165) is 12.1 Å². The van der Waals surface area contributed by atoms with E-state index in [1.54, 1.807) is 22.6 Å². The maximum Gasteiger partial charge on any atom is 0.413 e. The maximum absolute atomic E-state index is 11.8. The van der Waals surface area contributed by atoms with Gasteiger partial charge in [-0.3, -0.25) is 4.84 Å². The van der Waals surface area contributed by atoms with E-state index >= 15 is 0 Å². The Balaban J connectivity index is 2.93. The van der Waals surface area contributed by atoms with Gasteiger partial charge in [-0.05, 0) is 40.8 Å². The standard InChI is InChI=1S/C9H7F3INO5S/c10-9(11,12)4-19-14-20(17,18)5-1-2-7(13)6(3-5)8(15)16/h1-3,14H,4H2,(H,15,16). The van der Waals surface area contributed by atoms with Gasteiger partial charge in [0.15, 0.2) is 6.61 Å². The Labute approximate surface area is 125 Å². The van der Waals surface area contributed by atoms with Gasteiger partial charge < -0.3 is 5.11 Å². The number of sulfonamides is 1. The summed E-state index contributed by atoms with van der Waals surface area (Å²) in [7, 11) is -4.39. The Hall–Kier alpha value is -0.920. The van der Waals surface area contributed by atoms with Crippen LogP contribution in [0.1, 0.15) is 10.4 Å². The highest BCUT2D eigenvalue weighted by Crippen LogP contribution is 2.19. The molecule has 0 fully saturated rings. The van der Waals surface area contributed by atoms with Crippen molar-refractivity contribution in [1.29, 1.82) is 0 Å². The molecule has 0 unspecified atom stereocenters. The highest BCUT2D eigenvalue weighted by molar-refractivity contribution is 14.1. The summed E-state index contributed by atoms with van der Waals surface area (Å²) in [5, 5.41) is 8.84. The summed E-state index contributed by atoms with van der Waals surface area (Å²) in [6.07, 6.45) is -4.69. The van der Waals surface area contributed by atoms with Crippen molar-refractivity contribution in [1.82, 2.24) is 4.89 Å². The lowest BCUT2D eigenvalue weighted by atomic mass is 10.2. The van der Waals surface area contributed by atoms with Crippen molar-refractivity contribution in [3.8, 4) is 0 Å². The van der Waals surface area contributed by atoms with E-state index < -0.39 is 33.7 Å². The van der Waals surface area contributed by atoms with Crippen molar-refractivity contribution in [2.45, 2.75) is 11.1 Å². The average Bonchev–Trinajstić information content (AvgIpc) is 2.26. The molecule has 1 aromatic rings. The minimum atomic E-state index is -4.69. The largest absolute Gasteiger partial charge is 0.478 e. The van der Waals surface area contributed by atoms with Gasteiger partial charge in [0.2, 0.25) is 0 Å². The third-order valence-corrected chi connectivity index (χ3v) is 4.04. The number of halogens is 4. The molecule has 0 radical (unpaired) electrons. The first-order chi connectivity index (χ1) is 9.03. The van der Waals surface area contributed by atoms with Crippen molar-refractivity contribution < 1.29 is 36.3 Å². The first-order valence-corrected chi connectivity index (χ1v) is 7.32. The molecule has 6 nitrogen and oxygen atoms in total. The Morgan fingerprint density at radius 3 is 2.50 bits per heavy atom. The molecule has 1 rings (SSSR count).